The van der Waals surface area contributed by atoms with Crippen molar-refractivity contribution in [3.63, 3.8) is 0 Å². The van der Waals surface area contributed by atoms with E-state index in [1.165, 1.54) is 33.4 Å². The van der Waals surface area contributed by atoms with Gasteiger partial charge in [0, 0.05) is 6.42 Å². The van der Waals surface area contributed by atoms with Gasteiger partial charge in [-0.3, -0.25) is 0 Å². The minimum Gasteiger partial charge on any atom is -0.0619 e. The number of fused-ring (bicyclic) bond motifs is 3. The van der Waals surface area contributed by atoms with Crippen LogP contribution < -0.4 is 0 Å². The summed E-state index contributed by atoms with van der Waals surface area (Å²) in [5.74, 6) is 1.13. The molecule has 0 amide bonds. The summed E-state index contributed by atoms with van der Waals surface area (Å²) in [6.45, 7) is 9.13. The number of rotatable bonds is 2. The van der Waals surface area contributed by atoms with Gasteiger partial charge in [-0.2, -0.15) is 0 Å². The average molecular weight is 249 g/mol. The van der Waals surface area contributed by atoms with E-state index in [-0.39, 0.29) is 0 Å². The van der Waals surface area contributed by atoms with Crippen molar-refractivity contribution >= 4 is 0 Å². The molecule has 0 fully saturated rings. The van der Waals surface area contributed by atoms with Gasteiger partial charge >= 0.3 is 0 Å². The smallest absolute Gasteiger partial charge is 0.0214 e. The van der Waals surface area contributed by atoms with Gasteiger partial charge in [-0.15, -0.1) is 0 Å². The number of benzene rings is 2. The van der Waals surface area contributed by atoms with E-state index in [1.807, 2.05) is 0 Å². The molecule has 0 bridgehead atoms. The summed E-state index contributed by atoms with van der Waals surface area (Å²) in [5.41, 5.74) is 8.63. The molecule has 1 aliphatic carbocycles. The van der Waals surface area contributed by atoms with Crippen LogP contribution in [0.1, 0.15) is 61.8 Å². The van der Waals surface area contributed by atoms with E-state index in [4.69, 9.17) is 0 Å². The second-order valence-electron chi connectivity index (χ2n) is 6.07. The fourth-order valence-corrected chi connectivity index (χ4v) is 3.10. The molecule has 0 saturated carbocycles. The van der Waals surface area contributed by atoms with Crippen LogP contribution in [0.4, 0.5) is 0 Å². The quantitative estimate of drug-likeness (QED) is 0.561. The first-order valence-electron chi connectivity index (χ1n) is 7.20. The molecule has 3 rings (SSSR count). The Morgan fingerprint density at radius 3 is 2.05 bits per heavy atom. The van der Waals surface area contributed by atoms with Gasteiger partial charge in [0.25, 0.3) is 0 Å². The van der Waals surface area contributed by atoms with E-state index in [0.29, 0.717) is 11.8 Å². The molecule has 0 saturated heterocycles. The average Bonchev–Trinajstić information content (AvgIpc) is 2.76. The zero-order valence-corrected chi connectivity index (χ0v) is 12.2. The zero-order valence-electron chi connectivity index (χ0n) is 12.2. The minimum absolute atomic E-state index is 0.564. The molecule has 0 aromatic heterocycles. The van der Waals surface area contributed by atoms with Crippen molar-refractivity contribution in [3.05, 3.63) is 65.1 Å². The fraction of sp³-hybridized carbons (Fsp3) is 0.316. The first kappa shape index (κ1) is 12.5. The maximum absolute atomic E-state index is 2.37. The van der Waals surface area contributed by atoms with Gasteiger partial charge in [-0.25, -0.2) is 0 Å². The van der Waals surface area contributed by atoms with Crippen LogP contribution in [0.2, 0.25) is 0 Å². The Morgan fingerprint density at radius 2 is 1.37 bits per heavy atom. The van der Waals surface area contributed by atoms with Gasteiger partial charge in [0.05, 0.1) is 0 Å². The summed E-state index contributed by atoms with van der Waals surface area (Å²) >= 11 is 0. The highest BCUT2D eigenvalue weighted by molar-refractivity contribution is 5.85. The Kier molecular flexibility index (Phi) is 2.97. The molecule has 0 atom stereocenters. The van der Waals surface area contributed by atoms with Crippen LogP contribution >= 0.6 is 0 Å². The Morgan fingerprint density at radius 1 is 0.737 bits per heavy atom. The van der Waals surface area contributed by atoms with Gasteiger partial charge in [0.2, 0.25) is 0 Å². The van der Waals surface area contributed by atoms with Crippen molar-refractivity contribution in [3.8, 4) is 11.1 Å². The first-order valence-corrected chi connectivity index (χ1v) is 7.20. The Balaban J connectivity index is 2.30. The van der Waals surface area contributed by atoms with Crippen LogP contribution in [0.15, 0.2) is 36.4 Å². The van der Waals surface area contributed by atoms with Crippen molar-refractivity contribution in [1.82, 2.24) is 0 Å². The van der Waals surface area contributed by atoms with Crippen molar-refractivity contribution in [1.29, 1.82) is 0 Å². The van der Waals surface area contributed by atoms with Crippen LogP contribution in [-0.2, 0) is 0 Å². The molecule has 2 aromatic carbocycles. The SMILES string of the molecule is CC(C)c1ccc(C(C)C)c2c1[CH]c1ccccc1-2. The molecule has 1 radical (unpaired) electrons. The van der Waals surface area contributed by atoms with Gasteiger partial charge in [-0.05, 0) is 45.2 Å². The van der Waals surface area contributed by atoms with Crippen LogP contribution in [0.5, 0.6) is 0 Å². The maximum Gasteiger partial charge on any atom is 0.0214 e. The second kappa shape index (κ2) is 4.52. The summed E-state index contributed by atoms with van der Waals surface area (Å²) in [7, 11) is 0. The molecule has 0 N–H and O–H groups in total. The van der Waals surface area contributed by atoms with Crippen LogP contribution in [0.3, 0.4) is 0 Å². The minimum atomic E-state index is 0.564. The summed E-state index contributed by atoms with van der Waals surface area (Å²) < 4.78 is 0. The lowest BCUT2D eigenvalue weighted by molar-refractivity contribution is 0.842. The van der Waals surface area contributed by atoms with Gasteiger partial charge in [-0.1, -0.05) is 64.1 Å². The third kappa shape index (κ3) is 1.90. The van der Waals surface area contributed by atoms with E-state index in [9.17, 15) is 0 Å². The first-order chi connectivity index (χ1) is 9.09. The van der Waals surface area contributed by atoms with Gasteiger partial charge in [0.1, 0.15) is 0 Å². The normalized spacial score (nSPS) is 12.9. The highest BCUT2D eigenvalue weighted by Gasteiger charge is 2.25. The molecule has 0 unspecified atom stereocenters. The molecule has 1 aliphatic rings. The summed E-state index contributed by atoms with van der Waals surface area (Å²) in [5, 5.41) is 0. The monoisotopic (exact) mass is 249 g/mol. The number of hydrogen-bond acceptors (Lipinski definition) is 0. The Labute approximate surface area is 116 Å². The molecule has 19 heavy (non-hydrogen) atoms. The molecule has 0 heteroatoms. The molecule has 0 nitrogen and oxygen atoms in total. The highest BCUT2D eigenvalue weighted by Crippen LogP contribution is 2.45. The van der Waals surface area contributed by atoms with Crippen LogP contribution in [-0.4, -0.2) is 0 Å². The second-order valence-corrected chi connectivity index (χ2v) is 6.07. The molecular weight excluding hydrogens is 228 g/mol. The largest absolute Gasteiger partial charge is 0.0619 e. The third-order valence-corrected chi connectivity index (χ3v) is 4.09. The van der Waals surface area contributed by atoms with E-state index in [2.05, 4.69) is 70.5 Å². The molecular formula is C19H21. The molecule has 0 aliphatic heterocycles. The summed E-state index contributed by atoms with van der Waals surface area (Å²) in [6.07, 6.45) is 2.37. The van der Waals surface area contributed by atoms with Crippen LogP contribution in [0, 0.1) is 6.42 Å². The van der Waals surface area contributed by atoms with Crippen molar-refractivity contribution in [2.75, 3.05) is 0 Å². The van der Waals surface area contributed by atoms with Gasteiger partial charge < -0.3 is 0 Å². The molecule has 2 aromatic rings. The third-order valence-electron chi connectivity index (χ3n) is 4.09. The Bertz CT molecular complexity index is 618. The predicted molar refractivity (Wildman–Crippen MR) is 82.6 cm³/mol. The summed E-state index contributed by atoms with van der Waals surface area (Å²) in [6, 6.07) is 13.4. The predicted octanol–water partition coefficient (Wildman–Crippen LogP) is 5.51. The van der Waals surface area contributed by atoms with Crippen molar-refractivity contribution in [2.45, 2.75) is 39.5 Å². The highest BCUT2D eigenvalue weighted by atomic mass is 14.3. The lowest BCUT2D eigenvalue weighted by Crippen LogP contribution is -1.99. The van der Waals surface area contributed by atoms with Crippen molar-refractivity contribution in [2.24, 2.45) is 0 Å². The van der Waals surface area contributed by atoms with E-state index in [0.717, 1.165) is 0 Å². The lowest BCUT2D eigenvalue weighted by Gasteiger charge is -2.18. The summed E-state index contributed by atoms with van der Waals surface area (Å²) in [4.78, 5) is 0. The number of hydrogen-bond donors (Lipinski definition) is 0. The van der Waals surface area contributed by atoms with E-state index in [1.54, 1.807) is 0 Å². The van der Waals surface area contributed by atoms with E-state index < -0.39 is 0 Å². The molecule has 97 valence electrons. The van der Waals surface area contributed by atoms with Crippen molar-refractivity contribution < 1.29 is 0 Å². The van der Waals surface area contributed by atoms with E-state index >= 15 is 0 Å². The Hall–Kier alpha value is -1.56. The fourth-order valence-electron chi connectivity index (χ4n) is 3.10. The lowest BCUT2D eigenvalue weighted by atomic mass is 9.87. The topological polar surface area (TPSA) is 0 Å². The standard InChI is InChI=1S/C19H21/c1-12(2)15-9-10-16(13(3)4)19-17-8-6-5-7-14(17)11-18(15)19/h5-13H,1-4H3. The molecule has 0 heterocycles. The van der Waals surface area contributed by atoms with Crippen LogP contribution in [0.25, 0.3) is 11.1 Å². The maximum atomic E-state index is 2.37. The molecule has 0 spiro atoms. The van der Waals surface area contributed by atoms with Gasteiger partial charge in [0.15, 0.2) is 0 Å². The zero-order chi connectivity index (χ0) is 13.6.